The topological polar surface area (TPSA) is 58.2 Å². The zero-order chi connectivity index (χ0) is 11.5. The van der Waals surface area contributed by atoms with Crippen molar-refractivity contribution in [3.8, 4) is 0 Å². The summed E-state index contributed by atoms with van der Waals surface area (Å²) in [7, 11) is 0. The molecule has 1 aliphatic heterocycles. The maximum atomic E-state index is 11.4. The van der Waals surface area contributed by atoms with Crippen LogP contribution in [0, 0.1) is 0 Å². The molecule has 6 heteroatoms. The predicted octanol–water partition coefficient (Wildman–Crippen LogP) is 1.04. The summed E-state index contributed by atoms with van der Waals surface area (Å²) in [5.74, 6) is 0.556. The Morgan fingerprint density at radius 2 is 2.56 bits per heavy atom. The van der Waals surface area contributed by atoms with Crippen LogP contribution >= 0.6 is 11.6 Å². The molecule has 0 amide bonds. The van der Waals surface area contributed by atoms with Crippen LogP contribution in [0.25, 0.3) is 0 Å². The van der Waals surface area contributed by atoms with E-state index >= 15 is 0 Å². The lowest BCUT2D eigenvalue weighted by atomic mass is 10.2. The normalized spacial score (nSPS) is 21.1. The second-order valence-electron chi connectivity index (χ2n) is 3.70. The van der Waals surface area contributed by atoms with Crippen LogP contribution in [-0.4, -0.2) is 35.8 Å². The van der Waals surface area contributed by atoms with Crippen LogP contribution in [0.3, 0.4) is 0 Å². The van der Waals surface area contributed by atoms with Gasteiger partial charge in [0.2, 0.25) is 0 Å². The number of halogens is 1. The molecule has 1 aromatic rings. The summed E-state index contributed by atoms with van der Waals surface area (Å²) in [6.45, 7) is 4.09. The number of hydrogen-bond acceptors (Lipinski definition) is 4. The molecule has 1 N–H and O–H groups in total. The number of rotatable bonds is 2. The van der Waals surface area contributed by atoms with E-state index in [1.165, 1.54) is 6.33 Å². The minimum atomic E-state index is -0.298. The average Bonchev–Trinajstić information content (AvgIpc) is 2.33. The number of nitrogens with one attached hydrogen (secondary N) is 1. The highest BCUT2D eigenvalue weighted by Crippen LogP contribution is 2.23. The zero-order valence-electron chi connectivity index (χ0n) is 9.07. The molecule has 1 unspecified atom stereocenters. The van der Waals surface area contributed by atoms with E-state index in [0.717, 1.165) is 6.42 Å². The molecule has 0 aliphatic carbocycles. The van der Waals surface area contributed by atoms with Crippen molar-refractivity contribution in [2.45, 2.75) is 19.4 Å². The highest BCUT2D eigenvalue weighted by molar-refractivity contribution is 6.32. The number of ether oxygens (including phenoxy) is 1. The van der Waals surface area contributed by atoms with Gasteiger partial charge < -0.3 is 14.6 Å². The molecule has 0 saturated carbocycles. The second-order valence-corrected chi connectivity index (χ2v) is 4.08. The van der Waals surface area contributed by atoms with Crippen molar-refractivity contribution in [1.82, 2.24) is 9.97 Å². The largest absolute Gasteiger partial charge is 0.377 e. The van der Waals surface area contributed by atoms with Crippen molar-refractivity contribution in [3.63, 3.8) is 0 Å². The molecule has 1 aromatic heterocycles. The standard InChI is InChI=1S/C10H14ClN3O2/c1-2-7-5-16-4-3-14(7)9-8(11)10(15)13-6-12-9/h6-7H,2-5H2,1H3,(H,12,13,15). The van der Waals surface area contributed by atoms with Gasteiger partial charge in [-0.05, 0) is 6.42 Å². The van der Waals surface area contributed by atoms with E-state index in [4.69, 9.17) is 16.3 Å². The van der Waals surface area contributed by atoms with E-state index in [2.05, 4.69) is 16.9 Å². The van der Waals surface area contributed by atoms with Gasteiger partial charge in [0.25, 0.3) is 5.56 Å². The summed E-state index contributed by atoms with van der Waals surface area (Å²) in [5, 5.41) is 0.155. The Bertz CT molecular complexity index is 421. The highest BCUT2D eigenvalue weighted by Gasteiger charge is 2.25. The Kier molecular flexibility index (Phi) is 3.46. The smallest absolute Gasteiger partial charge is 0.271 e. The van der Waals surface area contributed by atoms with E-state index in [0.29, 0.717) is 25.6 Å². The maximum Gasteiger partial charge on any atom is 0.271 e. The fourth-order valence-electron chi connectivity index (χ4n) is 1.85. The lowest BCUT2D eigenvalue weighted by molar-refractivity contribution is 0.0925. The van der Waals surface area contributed by atoms with Crippen LogP contribution < -0.4 is 10.5 Å². The second kappa shape index (κ2) is 4.84. The van der Waals surface area contributed by atoms with Crippen molar-refractivity contribution in [3.05, 3.63) is 21.7 Å². The molecule has 1 fully saturated rings. The number of aromatic amines is 1. The Labute approximate surface area is 98.4 Å². The molecule has 88 valence electrons. The molecule has 1 saturated heterocycles. The molecule has 2 rings (SSSR count). The number of anilines is 1. The summed E-state index contributed by atoms with van der Waals surface area (Å²) in [6, 6.07) is 0.237. The van der Waals surface area contributed by atoms with Gasteiger partial charge in [0.15, 0.2) is 5.82 Å². The van der Waals surface area contributed by atoms with E-state index in [9.17, 15) is 4.79 Å². The van der Waals surface area contributed by atoms with E-state index in [1.54, 1.807) is 0 Å². The maximum absolute atomic E-state index is 11.4. The molecule has 0 radical (unpaired) electrons. The summed E-state index contributed by atoms with van der Waals surface area (Å²) < 4.78 is 5.40. The molecule has 2 heterocycles. The number of H-pyrrole nitrogens is 1. The lowest BCUT2D eigenvalue weighted by Gasteiger charge is -2.36. The zero-order valence-corrected chi connectivity index (χ0v) is 9.83. The molecule has 1 aliphatic rings. The fourth-order valence-corrected chi connectivity index (χ4v) is 2.06. The molecular formula is C10H14ClN3O2. The molecular weight excluding hydrogens is 230 g/mol. The Morgan fingerprint density at radius 1 is 1.75 bits per heavy atom. The Hall–Kier alpha value is -1.07. The molecule has 16 heavy (non-hydrogen) atoms. The monoisotopic (exact) mass is 243 g/mol. The van der Waals surface area contributed by atoms with Gasteiger partial charge in [-0.25, -0.2) is 4.98 Å². The van der Waals surface area contributed by atoms with Gasteiger partial charge in [0.05, 0.1) is 25.6 Å². The van der Waals surface area contributed by atoms with Gasteiger partial charge in [-0.2, -0.15) is 0 Å². The minimum absolute atomic E-state index is 0.155. The van der Waals surface area contributed by atoms with Gasteiger partial charge >= 0.3 is 0 Å². The van der Waals surface area contributed by atoms with Crippen LogP contribution in [0.5, 0.6) is 0 Å². The molecule has 1 atom stereocenters. The number of hydrogen-bond donors (Lipinski definition) is 1. The third-order valence-corrected chi connectivity index (χ3v) is 3.09. The summed E-state index contributed by atoms with van der Waals surface area (Å²) in [6.07, 6.45) is 2.32. The van der Waals surface area contributed by atoms with E-state index in [-0.39, 0.29) is 16.6 Å². The molecule has 0 spiro atoms. The molecule has 0 bridgehead atoms. The van der Waals surface area contributed by atoms with Crippen LogP contribution in [0.1, 0.15) is 13.3 Å². The fraction of sp³-hybridized carbons (Fsp3) is 0.600. The van der Waals surface area contributed by atoms with E-state index in [1.807, 2.05) is 4.90 Å². The van der Waals surface area contributed by atoms with Gasteiger partial charge in [0.1, 0.15) is 5.02 Å². The van der Waals surface area contributed by atoms with Crippen molar-refractivity contribution < 1.29 is 4.74 Å². The van der Waals surface area contributed by atoms with Crippen LogP contribution in [0.4, 0.5) is 5.82 Å². The van der Waals surface area contributed by atoms with Crippen LogP contribution in [0.15, 0.2) is 11.1 Å². The third kappa shape index (κ3) is 2.05. The first-order valence-corrected chi connectivity index (χ1v) is 5.69. The SMILES string of the molecule is CCC1COCCN1c1nc[nH]c(=O)c1Cl. The van der Waals surface area contributed by atoms with Gasteiger partial charge in [-0.3, -0.25) is 4.79 Å². The van der Waals surface area contributed by atoms with Gasteiger partial charge in [-0.15, -0.1) is 0 Å². The summed E-state index contributed by atoms with van der Waals surface area (Å²) in [4.78, 5) is 20.0. The number of nitrogens with zero attached hydrogens (tertiary/aromatic N) is 2. The van der Waals surface area contributed by atoms with Crippen LogP contribution in [-0.2, 0) is 4.74 Å². The summed E-state index contributed by atoms with van der Waals surface area (Å²) in [5.41, 5.74) is -0.298. The Balaban J connectivity index is 2.34. The third-order valence-electron chi connectivity index (χ3n) is 2.75. The van der Waals surface area contributed by atoms with Crippen LogP contribution in [0.2, 0.25) is 5.02 Å². The van der Waals surface area contributed by atoms with Crippen molar-refractivity contribution in [2.24, 2.45) is 0 Å². The molecule has 0 aromatic carbocycles. The van der Waals surface area contributed by atoms with Crippen molar-refractivity contribution in [1.29, 1.82) is 0 Å². The van der Waals surface area contributed by atoms with Crippen molar-refractivity contribution in [2.75, 3.05) is 24.7 Å². The Morgan fingerprint density at radius 3 is 3.31 bits per heavy atom. The first-order valence-electron chi connectivity index (χ1n) is 5.31. The first kappa shape index (κ1) is 11.4. The molecule has 5 nitrogen and oxygen atoms in total. The van der Waals surface area contributed by atoms with Gasteiger partial charge in [0, 0.05) is 6.54 Å². The average molecular weight is 244 g/mol. The first-order chi connectivity index (χ1) is 7.74. The number of aromatic nitrogens is 2. The summed E-state index contributed by atoms with van der Waals surface area (Å²) >= 11 is 5.96. The lowest BCUT2D eigenvalue weighted by Crippen LogP contribution is -2.46. The highest BCUT2D eigenvalue weighted by atomic mass is 35.5. The quantitative estimate of drug-likeness (QED) is 0.843. The predicted molar refractivity (Wildman–Crippen MR) is 62.1 cm³/mol. The number of morpholine rings is 1. The van der Waals surface area contributed by atoms with Gasteiger partial charge in [-0.1, -0.05) is 18.5 Å². The minimum Gasteiger partial charge on any atom is -0.377 e. The van der Waals surface area contributed by atoms with E-state index < -0.39 is 0 Å². The van der Waals surface area contributed by atoms with Crippen molar-refractivity contribution >= 4 is 17.4 Å².